The van der Waals surface area contributed by atoms with E-state index in [4.69, 9.17) is 24.5 Å². The van der Waals surface area contributed by atoms with Gasteiger partial charge in [0.1, 0.15) is 13.0 Å². The van der Waals surface area contributed by atoms with Crippen LogP contribution in [0.25, 0.3) is 11.2 Å². The van der Waals surface area contributed by atoms with Gasteiger partial charge in [-0.25, -0.2) is 4.98 Å². The van der Waals surface area contributed by atoms with Gasteiger partial charge in [0, 0.05) is 7.11 Å². The molecule has 1 saturated carbocycles. The molecule has 0 saturated heterocycles. The van der Waals surface area contributed by atoms with Crippen LogP contribution < -0.4 is 10.5 Å². The molecule has 2 aromatic rings. The molecule has 31 heavy (non-hydrogen) atoms. The summed E-state index contributed by atoms with van der Waals surface area (Å²) in [5.74, 6) is 0.203. The number of fused-ring (bicyclic) bond motifs is 1. The maximum Gasteiger partial charge on any atom is 0.353 e. The van der Waals surface area contributed by atoms with E-state index in [0.717, 1.165) is 19.3 Å². The second-order valence-electron chi connectivity index (χ2n) is 7.45. The Kier molecular flexibility index (Phi) is 8.28. The molecule has 4 atom stereocenters. The first-order valence-electron chi connectivity index (χ1n) is 10.2. The molecule has 2 aromatic heterocycles. The molecular weight excluding hydrogens is 493 g/mol. The highest BCUT2D eigenvalue weighted by Crippen LogP contribution is 2.46. The van der Waals surface area contributed by atoms with Crippen molar-refractivity contribution in [1.82, 2.24) is 19.5 Å². The van der Waals surface area contributed by atoms with Crippen LogP contribution >= 0.6 is 23.5 Å². The highest BCUT2D eigenvalue weighted by Gasteiger charge is 2.35. The van der Waals surface area contributed by atoms with Crippen molar-refractivity contribution in [3.8, 4) is 6.01 Å². The highest BCUT2D eigenvalue weighted by atomic mass is 79.9. The van der Waals surface area contributed by atoms with E-state index >= 15 is 0 Å². The quantitative estimate of drug-likeness (QED) is 0.256. The molecule has 13 heteroatoms. The van der Waals surface area contributed by atoms with Crippen LogP contribution in [-0.4, -0.2) is 63.3 Å². The first-order valence-corrected chi connectivity index (χ1v) is 12.8. The zero-order valence-electron chi connectivity index (χ0n) is 17.9. The van der Waals surface area contributed by atoms with Crippen molar-refractivity contribution in [2.75, 3.05) is 32.4 Å². The molecule has 1 aliphatic carbocycles. The summed E-state index contributed by atoms with van der Waals surface area (Å²) in [4.78, 5) is 23.2. The Bertz CT molecular complexity index is 944. The summed E-state index contributed by atoms with van der Waals surface area (Å²) in [6.07, 6.45) is 2.07. The van der Waals surface area contributed by atoms with E-state index < -0.39 is 7.60 Å². The van der Waals surface area contributed by atoms with Crippen molar-refractivity contribution >= 4 is 40.5 Å². The molecule has 0 aliphatic heterocycles. The normalized spacial score (nSPS) is 22.0. The third kappa shape index (κ3) is 5.94. The number of anilines is 1. The van der Waals surface area contributed by atoms with Gasteiger partial charge in [-0.1, -0.05) is 6.92 Å². The topological polar surface area (TPSA) is 144 Å². The maximum atomic E-state index is 12.3. The van der Waals surface area contributed by atoms with Gasteiger partial charge in [0.25, 0.3) is 0 Å². The molecule has 4 unspecified atom stereocenters. The third-order valence-corrected chi connectivity index (χ3v) is 6.87. The van der Waals surface area contributed by atoms with Crippen molar-refractivity contribution in [3.05, 3.63) is 4.73 Å². The van der Waals surface area contributed by atoms with Gasteiger partial charge >= 0.3 is 13.6 Å². The predicted molar refractivity (Wildman–Crippen MR) is 118 cm³/mol. The van der Waals surface area contributed by atoms with E-state index in [1.165, 1.54) is 0 Å². The number of methoxy groups -OCH3 is 1. The fourth-order valence-electron chi connectivity index (χ4n) is 3.49. The van der Waals surface area contributed by atoms with Crippen LogP contribution in [0.1, 0.15) is 45.6 Å². The minimum atomic E-state index is -3.85. The SMILES string of the molecule is CCC(C)OP(=O)(O)COC1CCCC1n1c(Br)nc2c(N)nc(OCCOC)nc21. The fraction of sp³-hybridized carbons (Fsp3) is 0.722. The molecule has 1 aliphatic rings. The van der Waals surface area contributed by atoms with Crippen LogP contribution in [0, 0.1) is 0 Å². The highest BCUT2D eigenvalue weighted by molar-refractivity contribution is 9.10. The van der Waals surface area contributed by atoms with Gasteiger partial charge in [0.15, 0.2) is 21.7 Å². The smallest absolute Gasteiger partial charge is 0.353 e. The molecule has 0 aromatic carbocycles. The average Bonchev–Trinajstić information content (AvgIpc) is 3.29. The summed E-state index contributed by atoms with van der Waals surface area (Å²) in [5.41, 5.74) is 7.03. The molecule has 0 bridgehead atoms. The monoisotopic (exact) mass is 521 g/mol. The van der Waals surface area contributed by atoms with Crippen molar-refractivity contribution in [2.24, 2.45) is 0 Å². The van der Waals surface area contributed by atoms with E-state index in [9.17, 15) is 9.46 Å². The Balaban J connectivity index is 1.82. The zero-order valence-corrected chi connectivity index (χ0v) is 20.3. The molecule has 11 nitrogen and oxygen atoms in total. The second-order valence-corrected chi connectivity index (χ2v) is 9.90. The summed E-state index contributed by atoms with van der Waals surface area (Å²) in [7, 11) is -2.27. The summed E-state index contributed by atoms with van der Waals surface area (Å²) < 4.78 is 36.4. The van der Waals surface area contributed by atoms with Crippen LogP contribution in [0.5, 0.6) is 6.01 Å². The Labute approximate surface area is 189 Å². The standard InChI is InChI=1S/C18H29BrN5O6P/c1-4-11(2)30-31(25,26)10-29-13-7-5-6-12(13)24-16-14(21-17(24)19)15(20)22-18(23-16)28-9-8-27-3/h11-13H,4-10H2,1-3H3,(H,25,26)(H2,20,22,23). The molecule has 3 rings (SSSR count). The van der Waals surface area contributed by atoms with Crippen LogP contribution in [0.2, 0.25) is 0 Å². The molecule has 0 spiro atoms. The summed E-state index contributed by atoms with van der Waals surface area (Å²) >= 11 is 3.49. The molecule has 3 N–H and O–H groups in total. The van der Waals surface area contributed by atoms with Gasteiger partial charge in [0.2, 0.25) is 0 Å². The Morgan fingerprint density at radius 3 is 2.81 bits per heavy atom. The van der Waals surface area contributed by atoms with Crippen molar-refractivity contribution in [3.63, 3.8) is 0 Å². The number of rotatable bonds is 11. The minimum absolute atomic E-state index is 0.132. The number of imidazole rings is 1. The predicted octanol–water partition coefficient (Wildman–Crippen LogP) is 3.26. The molecule has 174 valence electrons. The zero-order chi connectivity index (χ0) is 22.6. The number of hydrogen-bond acceptors (Lipinski definition) is 9. The third-order valence-electron chi connectivity index (χ3n) is 5.14. The van der Waals surface area contributed by atoms with Gasteiger partial charge in [-0.15, -0.1) is 0 Å². The van der Waals surface area contributed by atoms with E-state index in [1.807, 2.05) is 11.5 Å². The number of nitrogen functional groups attached to an aromatic ring is 1. The summed E-state index contributed by atoms with van der Waals surface area (Å²) in [6.45, 7) is 4.32. The Morgan fingerprint density at radius 2 is 2.10 bits per heavy atom. The van der Waals surface area contributed by atoms with Crippen LogP contribution in [0.3, 0.4) is 0 Å². The van der Waals surface area contributed by atoms with Gasteiger partial charge < -0.3 is 29.4 Å². The maximum absolute atomic E-state index is 12.3. The number of hydrogen-bond donors (Lipinski definition) is 2. The molecule has 0 radical (unpaired) electrons. The van der Waals surface area contributed by atoms with Gasteiger partial charge in [-0.05, 0) is 48.5 Å². The minimum Gasteiger partial charge on any atom is -0.461 e. The lowest BCUT2D eigenvalue weighted by Crippen LogP contribution is -2.23. The molecule has 0 amide bonds. The largest absolute Gasteiger partial charge is 0.461 e. The number of ether oxygens (including phenoxy) is 3. The fourth-order valence-corrected chi connectivity index (χ4v) is 5.26. The van der Waals surface area contributed by atoms with Gasteiger partial charge in [0.05, 0.1) is 24.9 Å². The number of aromatic nitrogens is 4. The first kappa shape index (κ1) is 24.3. The average molecular weight is 522 g/mol. The number of nitrogens with two attached hydrogens (primary N) is 1. The van der Waals surface area contributed by atoms with Crippen molar-refractivity contribution < 1.29 is 28.2 Å². The van der Waals surface area contributed by atoms with Gasteiger partial charge in [-0.3, -0.25) is 9.13 Å². The van der Waals surface area contributed by atoms with Crippen LogP contribution in [0.15, 0.2) is 4.73 Å². The summed E-state index contributed by atoms with van der Waals surface area (Å²) in [6, 6.07) is -0.0166. The lowest BCUT2D eigenvalue weighted by Gasteiger charge is -2.24. The molecular formula is C18H29BrN5O6P. The van der Waals surface area contributed by atoms with E-state index in [1.54, 1.807) is 14.0 Å². The number of halogens is 1. The van der Waals surface area contributed by atoms with E-state index in [-0.39, 0.29) is 43.0 Å². The molecule has 1 fully saturated rings. The first-order chi connectivity index (χ1) is 14.8. The Hall–Kier alpha value is -1.30. The lowest BCUT2D eigenvalue weighted by molar-refractivity contribution is 0.0443. The van der Waals surface area contributed by atoms with E-state index in [2.05, 4.69) is 30.9 Å². The van der Waals surface area contributed by atoms with E-state index in [0.29, 0.717) is 28.9 Å². The lowest BCUT2D eigenvalue weighted by atomic mass is 10.2. The molecule has 2 heterocycles. The van der Waals surface area contributed by atoms with Gasteiger partial charge in [-0.2, -0.15) is 9.97 Å². The van der Waals surface area contributed by atoms with Crippen LogP contribution in [0.4, 0.5) is 5.82 Å². The van der Waals surface area contributed by atoms with Crippen molar-refractivity contribution in [1.29, 1.82) is 0 Å². The summed E-state index contributed by atoms with van der Waals surface area (Å²) in [5, 5.41) is 0. The second kappa shape index (κ2) is 10.5. The van der Waals surface area contributed by atoms with Crippen molar-refractivity contribution in [2.45, 2.75) is 57.8 Å². The number of nitrogens with zero attached hydrogens (tertiary/aromatic N) is 4. The Morgan fingerprint density at radius 1 is 1.32 bits per heavy atom. The van der Waals surface area contributed by atoms with Crippen LogP contribution in [-0.2, 0) is 18.6 Å².